The Morgan fingerprint density at radius 1 is 0.727 bits per heavy atom. The Kier molecular flexibility index (Phi) is 16.6. The molecule has 0 bridgehead atoms. The number of aliphatic carboxylic acids is 3. The third kappa shape index (κ3) is 14.8. The van der Waals surface area contributed by atoms with Crippen LogP contribution in [0.15, 0.2) is 12.2 Å². The van der Waals surface area contributed by atoms with Gasteiger partial charge in [0.05, 0.1) is 38.0 Å². The number of allylic oxidation sites excluding steroid dienone is 2. The highest BCUT2D eigenvalue weighted by atomic mass is 16.4. The Bertz CT molecular complexity index is 544. The molecule has 0 fully saturated rings. The molecule has 2 N–H and O–H groups in total. The van der Waals surface area contributed by atoms with E-state index >= 15 is 0 Å². The lowest BCUT2D eigenvalue weighted by Crippen LogP contribution is -2.52. The minimum absolute atomic E-state index is 0.433. The Morgan fingerprint density at radius 3 is 1.55 bits per heavy atom. The fourth-order valence-corrected chi connectivity index (χ4v) is 3.90. The summed E-state index contributed by atoms with van der Waals surface area (Å²) in [6.07, 6.45) is 13.6. The zero-order valence-electron chi connectivity index (χ0n) is 21.3. The number of carbonyl (C=O) groups excluding carboxylic acids is 1. The van der Waals surface area contributed by atoms with Crippen LogP contribution in [-0.4, -0.2) is 58.8 Å². The molecule has 192 valence electrons. The summed E-state index contributed by atoms with van der Waals surface area (Å²) in [5, 5.41) is 29.9. The first kappa shape index (κ1) is 31.1. The summed E-state index contributed by atoms with van der Waals surface area (Å²) in [6, 6.07) is 0. The van der Waals surface area contributed by atoms with Gasteiger partial charge in [-0.1, -0.05) is 52.7 Å². The van der Waals surface area contributed by atoms with Crippen LogP contribution in [0.3, 0.4) is 0 Å². The topological polar surface area (TPSA) is 115 Å². The first-order valence-corrected chi connectivity index (χ1v) is 12.7. The van der Waals surface area contributed by atoms with Crippen LogP contribution in [0.2, 0.25) is 0 Å². The van der Waals surface area contributed by atoms with E-state index in [0.29, 0.717) is 43.4 Å². The molecule has 0 aromatic heterocycles. The quantitative estimate of drug-likeness (QED) is 0.149. The molecule has 0 aliphatic heterocycles. The molecular weight excluding hydrogens is 422 g/mol. The predicted molar refractivity (Wildman–Crippen MR) is 128 cm³/mol. The molecule has 3 unspecified atom stereocenters. The van der Waals surface area contributed by atoms with E-state index in [1.54, 1.807) is 20.8 Å². The lowest BCUT2D eigenvalue weighted by Gasteiger charge is -2.41. The molecule has 0 aromatic rings. The third-order valence-corrected chi connectivity index (χ3v) is 6.75. The zero-order valence-corrected chi connectivity index (χ0v) is 21.3. The van der Waals surface area contributed by atoms with Crippen LogP contribution in [-0.2, 0) is 14.4 Å². The second-order valence-corrected chi connectivity index (χ2v) is 9.76. The average molecular weight is 470 g/mol. The van der Waals surface area contributed by atoms with Gasteiger partial charge in [0.15, 0.2) is 0 Å². The van der Waals surface area contributed by atoms with Gasteiger partial charge < -0.3 is 24.6 Å². The summed E-state index contributed by atoms with van der Waals surface area (Å²) in [4.78, 5) is 34.0. The number of hydrogen-bond donors (Lipinski definition) is 2. The monoisotopic (exact) mass is 469 g/mol. The van der Waals surface area contributed by atoms with E-state index in [4.69, 9.17) is 0 Å². The van der Waals surface area contributed by atoms with Crippen LogP contribution < -0.4 is 5.11 Å². The van der Waals surface area contributed by atoms with Crippen molar-refractivity contribution in [1.29, 1.82) is 0 Å². The van der Waals surface area contributed by atoms with Crippen LogP contribution >= 0.6 is 0 Å². The zero-order chi connectivity index (χ0) is 25.3. The SMILES string of the molecule is CCCCC/C=C/CCCC[N+](CCC(C)C(=O)[O-])(CCC(C)C(=O)O)CCC(C)C(=O)O. The van der Waals surface area contributed by atoms with Crippen molar-refractivity contribution in [2.45, 2.75) is 91.9 Å². The highest BCUT2D eigenvalue weighted by Crippen LogP contribution is 2.21. The van der Waals surface area contributed by atoms with Crippen molar-refractivity contribution in [3.63, 3.8) is 0 Å². The molecule has 7 heteroatoms. The van der Waals surface area contributed by atoms with Crippen LogP contribution in [0.1, 0.15) is 91.9 Å². The molecule has 0 rings (SSSR count). The Morgan fingerprint density at radius 2 is 1.15 bits per heavy atom. The van der Waals surface area contributed by atoms with Gasteiger partial charge in [-0.15, -0.1) is 0 Å². The normalized spacial score (nSPS) is 16.2. The standard InChI is InChI=1S/C26H47NO6/c1-5-6-7-8-9-10-11-12-13-17-27(18-14-21(2)24(28)29,19-15-22(3)25(30)31)20-16-23(4)26(32)33/h9-10,21-23H,5-8,11-20H2,1-4H3,(H2-,28,29,30,31,32,33)/b10-9+. The molecule has 7 nitrogen and oxygen atoms in total. The van der Waals surface area contributed by atoms with Gasteiger partial charge in [0, 0.05) is 31.1 Å². The highest BCUT2D eigenvalue weighted by Gasteiger charge is 2.30. The number of hydrogen-bond acceptors (Lipinski definition) is 4. The molecule has 0 aliphatic carbocycles. The van der Waals surface area contributed by atoms with Crippen molar-refractivity contribution in [2.75, 3.05) is 26.2 Å². The molecule has 0 aromatic carbocycles. The van der Waals surface area contributed by atoms with E-state index in [-0.39, 0.29) is 0 Å². The van der Waals surface area contributed by atoms with Crippen LogP contribution in [0.5, 0.6) is 0 Å². The molecular formula is C26H47NO6. The minimum Gasteiger partial charge on any atom is -0.550 e. The molecule has 0 saturated heterocycles. The Balaban J connectivity index is 5.21. The van der Waals surface area contributed by atoms with Crippen molar-refractivity contribution >= 4 is 17.9 Å². The summed E-state index contributed by atoms with van der Waals surface area (Å²) < 4.78 is 0.563. The second-order valence-electron chi connectivity index (χ2n) is 9.76. The number of nitrogens with zero attached hydrogens (tertiary/aromatic N) is 1. The lowest BCUT2D eigenvalue weighted by atomic mass is 10.0. The van der Waals surface area contributed by atoms with Crippen molar-refractivity contribution < 1.29 is 34.2 Å². The van der Waals surface area contributed by atoms with Gasteiger partial charge in [0.1, 0.15) is 0 Å². The molecule has 0 radical (unpaired) electrons. The molecule has 0 saturated carbocycles. The molecule has 0 spiro atoms. The summed E-state index contributed by atoms with van der Waals surface area (Å²) in [6.45, 7) is 9.78. The maximum absolute atomic E-state index is 11.4. The summed E-state index contributed by atoms with van der Waals surface area (Å²) in [5.41, 5.74) is 0. The van der Waals surface area contributed by atoms with E-state index in [1.807, 2.05) is 0 Å². The fraction of sp³-hybridized carbons (Fsp3) is 0.808. The van der Waals surface area contributed by atoms with Crippen LogP contribution in [0.25, 0.3) is 0 Å². The first-order chi connectivity index (χ1) is 15.5. The highest BCUT2D eigenvalue weighted by molar-refractivity contribution is 5.69. The number of carboxylic acid groups (broad SMARTS) is 3. The van der Waals surface area contributed by atoms with E-state index in [9.17, 15) is 29.7 Å². The molecule has 0 aliphatic rings. The molecule has 3 atom stereocenters. The average Bonchev–Trinajstić information content (AvgIpc) is 2.77. The maximum Gasteiger partial charge on any atom is 0.306 e. The summed E-state index contributed by atoms with van der Waals surface area (Å²) >= 11 is 0. The van der Waals surface area contributed by atoms with E-state index in [1.165, 1.54) is 19.3 Å². The van der Waals surface area contributed by atoms with E-state index in [0.717, 1.165) is 32.2 Å². The molecule has 0 heterocycles. The maximum atomic E-state index is 11.4. The van der Waals surface area contributed by atoms with Crippen LogP contribution in [0.4, 0.5) is 0 Å². The number of carbonyl (C=O) groups is 3. The van der Waals surface area contributed by atoms with Gasteiger partial charge >= 0.3 is 11.9 Å². The summed E-state index contributed by atoms with van der Waals surface area (Å²) in [7, 11) is 0. The van der Waals surface area contributed by atoms with Gasteiger partial charge in [-0.25, -0.2) is 0 Å². The smallest absolute Gasteiger partial charge is 0.306 e. The predicted octanol–water partition coefficient (Wildman–Crippen LogP) is 4.11. The Hall–Kier alpha value is -1.89. The van der Waals surface area contributed by atoms with Crippen molar-refractivity contribution in [3.05, 3.63) is 12.2 Å². The number of rotatable bonds is 21. The van der Waals surface area contributed by atoms with Gasteiger partial charge in [0.25, 0.3) is 0 Å². The van der Waals surface area contributed by atoms with Gasteiger partial charge in [-0.2, -0.15) is 0 Å². The largest absolute Gasteiger partial charge is 0.550 e. The van der Waals surface area contributed by atoms with Crippen molar-refractivity contribution in [3.8, 4) is 0 Å². The third-order valence-electron chi connectivity index (χ3n) is 6.75. The fourth-order valence-electron chi connectivity index (χ4n) is 3.90. The summed E-state index contributed by atoms with van der Waals surface area (Å²) in [5.74, 6) is -4.36. The van der Waals surface area contributed by atoms with Crippen molar-refractivity contribution in [1.82, 2.24) is 0 Å². The minimum atomic E-state index is -1.08. The van der Waals surface area contributed by atoms with Gasteiger partial charge in [-0.05, 0) is 32.1 Å². The number of carboxylic acids is 3. The molecule has 33 heavy (non-hydrogen) atoms. The Labute approximate surface area is 200 Å². The number of unbranched alkanes of at least 4 members (excludes halogenated alkanes) is 5. The van der Waals surface area contributed by atoms with Gasteiger partial charge in [-0.3, -0.25) is 9.59 Å². The second kappa shape index (κ2) is 17.6. The van der Waals surface area contributed by atoms with Crippen molar-refractivity contribution in [2.24, 2.45) is 17.8 Å². The number of quaternary nitrogens is 1. The van der Waals surface area contributed by atoms with E-state index < -0.39 is 35.7 Å². The lowest BCUT2D eigenvalue weighted by molar-refractivity contribution is -0.929. The van der Waals surface area contributed by atoms with E-state index in [2.05, 4.69) is 19.1 Å². The molecule has 0 amide bonds. The van der Waals surface area contributed by atoms with Crippen LogP contribution in [0, 0.1) is 17.8 Å². The van der Waals surface area contributed by atoms with Gasteiger partial charge in [0.2, 0.25) is 0 Å². The first-order valence-electron chi connectivity index (χ1n) is 12.7.